The molecule has 0 aromatic carbocycles. The second kappa shape index (κ2) is 59.7. The summed E-state index contributed by atoms with van der Waals surface area (Å²) in [6.07, 6.45) is 44.7. The molecule has 0 aliphatic rings. The molecule has 0 aromatic rings. The topological polar surface area (TPSA) is 237 Å². The molecule has 85 heavy (non-hydrogen) atoms. The number of hydrogen-bond donors (Lipinski definition) is 3. The van der Waals surface area contributed by atoms with Crippen molar-refractivity contribution in [1.29, 1.82) is 0 Å². The Bertz CT molecular complexity index is 1650. The van der Waals surface area contributed by atoms with Gasteiger partial charge in [-0.1, -0.05) is 285 Å². The van der Waals surface area contributed by atoms with Crippen LogP contribution in [0.2, 0.25) is 0 Å². The molecule has 0 radical (unpaired) electrons. The predicted molar refractivity (Wildman–Crippen MR) is 340 cm³/mol. The zero-order valence-electron chi connectivity index (χ0n) is 54.7. The van der Waals surface area contributed by atoms with Crippen molar-refractivity contribution in [3.63, 3.8) is 0 Å². The predicted octanol–water partition coefficient (Wildman–Crippen LogP) is 18.6. The molecule has 3 N–H and O–H groups in total. The maximum atomic E-state index is 13.0. The quantitative estimate of drug-likeness (QED) is 0.0222. The number of aliphatic hydroxyl groups excluding tert-OH is 1. The lowest BCUT2D eigenvalue weighted by Gasteiger charge is -2.21. The van der Waals surface area contributed by atoms with Crippen LogP contribution in [-0.4, -0.2) is 96.7 Å². The van der Waals surface area contributed by atoms with E-state index in [1.165, 1.54) is 154 Å². The normalized spacial score (nSPS) is 14.5. The van der Waals surface area contributed by atoms with Gasteiger partial charge in [0, 0.05) is 25.7 Å². The molecular weight excluding hydrogens is 1130 g/mol. The summed E-state index contributed by atoms with van der Waals surface area (Å²) >= 11 is 0. The van der Waals surface area contributed by atoms with Gasteiger partial charge in [-0.25, -0.2) is 9.13 Å². The smallest absolute Gasteiger partial charge is 0.462 e. The van der Waals surface area contributed by atoms with Crippen molar-refractivity contribution in [2.75, 3.05) is 39.6 Å². The van der Waals surface area contributed by atoms with E-state index in [-0.39, 0.29) is 25.7 Å². The number of ether oxygens (including phenoxy) is 4. The summed E-state index contributed by atoms with van der Waals surface area (Å²) in [7, 11) is -9.88. The first-order chi connectivity index (χ1) is 41.1. The first kappa shape index (κ1) is 83.1. The standard InChI is InChI=1S/C66H128O17P2/c1-6-10-13-16-18-20-22-24-26-28-30-35-40-45-50-64(69)77-56-62(83-65(70)51-46-41-36-31-29-27-25-23-21-19-17-14-11-7-2)58-81-85(74,75)79-54-60(67)53-78-84(72,73)80-57-61(55-76-63(68)49-44-38-15-12-8-3)82-66(71)52-47-42-37-33-32-34-39-43-48-59(5)9-4/h59-62,67H,6-58H2,1-5H3,(H,72,73)(H,74,75)/t59?,60-,61+,62+/m0/s1. The van der Waals surface area contributed by atoms with Crippen LogP contribution in [0.3, 0.4) is 0 Å². The van der Waals surface area contributed by atoms with Crippen molar-refractivity contribution in [3.8, 4) is 0 Å². The van der Waals surface area contributed by atoms with E-state index in [0.29, 0.717) is 25.7 Å². The number of phosphoric acid groups is 2. The summed E-state index contributed by atoms with van der Waals surface area (Å²) in [5, 5.41) is 10.5. The van der Waals surface area contributed by atoms with Gasteiger partial charge in [-0.05, 0) is 31.6 Å². The highest BCUT2D eigenvalue weighted by Gasteiger charge is 2.30. The molecule has 0 saturated carbocycles. The Morgan fingerprint density at radius 2 is 0.565 bits per heavy atom. The second-order valence-corrected chi connectivity index (χ2v) is 27.0. The lowest BCUT2D eigenvalue weighted by Crippen LogP contribution is -2.30. The highest BCUT2D eigenvalue weighted by atomic mass is 31.2. The average Bonchev–Trinajstić information content (AvgIpc) is 3.58. The number of carbonyl (C=O) groups is 4. The molecular formula is C66H128O17P2. The molecule has 19 heteroatoms. The van der Waals surface area contributed by atoms with Crippen molar-refractivity contribution < 1.29 is 80.2 Å². The Morgan fingerprint density at radius 1 is 0.329 bits per heavy atom. The molecule has 0 spiro atoms. The number of phosphoric ester groups is 2. The number of hydrogen-bond acceptors (Lipinski definition) is 15. The van der Waals surface area contributed by atoms with E-state index in [9.17, 15) is 43.2 Å². The molecule has 0 bridgehead atoms. The van der Waals surface area contributed by atoms with E-state index < -0.39 is 97.5 Å². The zero-order valence-corrected chi connectivity index (χ0v) is 56.5. The number of aliphatic hydroxyl groups is 1. The molecule has 6 atom stereocenters. The van der Waals surface area contributed by atoms with E-state index in [4.69, 9.17) is 37.0 Å². The summed E-state index contributed by atoms with van der Waals surface area (Å²) in [6, 6.07) is 0. The van der Waals surface area contributed by atoms with Gasteiger partial charge < -0.3 is 33.8 Å². The van der Waals surface area contributed by atoms with E-state index in [1.54, 1.807) is 0 Å². The van der Waals surface area contributed by atoms with Gasteiger partial charge in [-0.2, -0.15) is 0 Å². The summed E-state index contributed by atoms with van der Waals surface area (Å²) in [6.45, 7) is 7.13. The molecule has 0 rings (SSSR count). The van der Waals surface area contributed by atoms with Crippen LogP contribution in [-0.2, 0) is 65.4 Å². The Kier molecular flexibility index (Phi) is 58.3. The Hall–Kier alpha value is -1.94. The minimum atomic E-state index is -4.94. The van der Waals surface area contributed by atoms with Crippen LogP contribution in [0.25, 0.3) is 0 Å². The third kappa shape index (κ3) is 59.5. The van der Waals surface area contributed by atoms with Crippen molar-refractivity contribution in [3.05, 3.63) is 0 Å². The first-order valence-electron chi connectivity index (χ1n) is 34.7. The Labute approximate surface area is 517 Å². The molecule has 0 heterocycles. The summed E-state index contributed by atoms with van der Waals surface area (Å²) in [4.78, 5) is 72.1. The summed E-state index contributed by atoms with van der Waals surface area (Å²) in [5.74, 6) is -1.37. The molecule has 0 aliphatic heterocycles. The second-order valence-electron chi connectivity index (χ2n) is 24.1. The molecule has 0 fully saturated rings. The van der Waals surface area contributed by atoms with Crippen LogP contribution in [0.4, 0.5) is 0 Å². The fourth-order valence-corrected chi connectivity index (χ4v) is 11.5. The van der Waals surface area contributed by atoms with Crippen LogP contribution in [0, 0.1) is 5.92 Å². The third-order valence-corrected chi connectivity index (χ3v) is 17.5. The van der Waals surface area contributed by atoms with Crippen molar-refractivity contribution in [2.24, 2.45) is 5.92 Å². The summed E-state index contributed by atoms with van der Waals surface area (Å²) < 4.78 is 67.9. The van der Waals surface area contributed by atoms with Crippen LogP contribution >= 0.6 is 15.6 Å². The van der Waals surface area contributed by atoms with E-state index in [2.05, 4.69) is 34.6 Å². The first-order valence-corrected chi connectivity index (χ1v) is 37.7. The average molecular weight is 1260 g/mol. The molecule has 504 valence electrons. The highest BCUT2D eigenvalue weighted by molar-refractivity contribution is 7.47. The van der Waals surface area contributed by atoms with Crippen LogP contribution < -0.4 is 0 Å². The van der Waals surface area contributed by atoms with Gasteiger partial charge in [-0.3, -0.25) is 37.3 Å². The van der Waals surface area contributed by atoms with Gasteiger partial charge in [0.25, 0.3) is 0 Å². The van der Waals surface area contributed by atoms with Gasteiger partial charge >= 0.3 is 39.5 Å². The summed E-state index contributed by atoms with van der Waals surface area (Å²) in [5.41, 5.74) is 0. The van der Waals surface area contributed by atoms with Gasteiger partial charge in [0.2, 0.25) is 0 Å². The lowest BCUT2D eigenvalue weighted by atomic mass is 9.99. The monoisotopic (exact) mass is 1250 g/mol. The fraction of sp³-hybridized carbons (Fsp3) is 0.939. The molecule has 0 aliphatic carbocycles. The van der Waals surface area contributed by atoms with Crippen molar-refractivity contribution in [1.82, 2.24) is 0 Å². The number of unbranched alkanes of at least 4 members (excludes halogenated alkanes) is 37. The fourth-order valence-electron chi connectivity index (χ4n) is 9.90. The SMILES string of the molecule is CCCCCCCCCCCCCCCCC(=O)OC[C@H](COP(=O)(O)OC[C@@H](O)COP(=O)(O)OC[C@@H](COC(=O)CCCCCCC)OC(=O)CCCCCCCCCCC(C)CC)OC(=O)CCCCCCCCCCCCCCCC. The van der Waals surface area contributed by atoms with Gasteiger partial charge in [0.05, 0.1) is 26.4 Å². The van der Waals surface area contributed by atoms with Crippen LogP contribution in [0.15, 0.2) is 0 Å². The molecule has 3 unspecified atom stereocenters. The molecule has 0 saturated heterocycles. The third-order valence-electron chi connectivity index (χ3n) is 15.6. The van der Waals surface area contributed by atoms with Crippen molar-refractivity contribution in [2.45, 2.75) is 355 Å². The highest BCUT2D eigenvalue weighted by Crippen LogP contribution is 2.45. The van der Waals surface area contributed by atoms with Gasteiger partial charge in [0.1, 0.15) is 19.3 Å². The minimum Gasteiger partial charge on any atom is -0.462 e. The maximum absolute atomic E-state index is 13.0. The number of carbonyl (C=O) groups excluding carboxylic acids is 4. The largest absolute Gasteiger partial charge is 0.472 e. The van der Waals surface area contributed by atoms with E-state index in [1.807, 2.05) is 0 Å². The number of esters is 4. The van der Waals surface area contributed by atoms with E-state index >= 15 is 0 Å². The van der Waals surface area contributed by atoms with Gasteiger partial charge in [0.15, 0.2) is 12.2 Å². The molecule has 0 aromatic heterocycles. The maximum Gasteiger partial charge on any atom is 0.472 e. The Morgan fingerprint density at radius 3 is 0.835 bits per heavy atom. The van der Waals surface area contributed by atoms with Crippen LogP contribution in [0.1, 0.15) is 336 Å². The van der Waals surface area contributed by atoms with E-state index in [0.717, 1.165) is 102 Å². The Balaban J connectivity index is 5.18. The molecule has 17 nitrogen and oxygen atoms in total. The minimum absolute atomic E-state index is 0.104. The van der Waals surface area contributed by atoms with Gasteiger partial charge in [-0.15, -0.1) is 0 Å². The van der Waals surface area contributed by atoms with Crippen LogP contribution in [0.5, 0.6) is 0 Å². The zero-order chi connectivity index (χ0) is 62.8. The van der Waals surface area contributed by atoms with Crippen molar-refractivity contribution >= 4 is 39.5 Å². The lowest BCUT2D eigenvalue weighted by molar-refractivity contribution is -0.161. The number of rotatable bonds is 66. The molecule has 0 amide bonds.